The summed E-state index contributed by atoms with van der Waals surface area (Å²) in [4.78, 5) is 2.78. The van der Waals surface area contributed by atoms with Crippen molar-refractivity contribution >= 4 is 12.4 Å². The average Bonchev–Trinajstić information content (AvgIpc) is 2.51. The minimum absolute atomic E-state index is 0. The number of hydrogen-bond acceptors (Lipinski definition) is 2. The standard InChI is InChI=1S/C18H34N2.ClH/c19-18-11-5-4-9-17(18)14-20-12-6-10-16(13-20)15-7-2-1-3-8-15;/h15-18H,1-14,19H2;1H/t16?,17-,18+;/m1./s1. The molecule has 1 saturated heterocycles. The Bertz CT molecular complexity index is 291. The minimum Gasteiger partial charge on any atom is -0.327 e. The van der Waals surface area contributed by atoms with Crippen molar-refractivity contribution in [2.24, 2.45) is 23.5 Å². The van der Waals surface area contributed by atoms with E-state index in [0.29, 0.717) is 6.04 Å². The maximum absolute atomic E-state index is 6.35. The molecule has 2 nitrogen and oxygen atoms in total. The van der Waals surface area contributed by atoms with E-state index in [0.717, 1.165) is 17.8 Å². The lowest BCUT2D eigenvalue weighted by molar-refractivity contribution is 0.0905. The Morgan fingerprint density at radius 1 is 0.762 bits per heavy atom. The van der Waals surface area contributed by atoms with Crippen LogP contribution in [0.1, 0.15) is 70.6 Å². The summed E-state index contributed by atoms with van der Waals surface area (Å²) in [5.74, 6) is 2.84. The second-order valence-corrected chi connectivity index (χ2v) is 7.77. The number of likely N-dealkylation sites (tertiary alicyclic amines) is 1. The van der Waals surface area contributed by atoms with Crippen molar-refractivity contribution < 1.29 is 0 Å². The first-order valence-corrected chi connectivity index (χ1v) is 9.31. The Balaban J connectivity index is 0.00000161. The van der Waals surface area contributed by atoms with Crippen LogP contribution >= 0.6 is 12.4 Å². The van der Waals surface area contributed by atoms with Crippen molar-refractivity contribution in [3.05, 3.63) is 0 Å². The average molecular weight is 315 g/mol. The van der Waals surface area contributed by atoms with Gasteiger partial charge in [-0.1, -0.05) is 44.9 Å². The van der Waals surface area contributed by atoms with Gasteiger partial charge in [0.1, 0.15) is 0 Å². The quantitative estimate of drug-likeness (QED) is 0.845. The highest BCUT2D eigenvalue weighted by Gasteiger charge is 2.30. The number of hydrogen-bond donors (Lipinski definition) is 1. The van der Waals surface area contributed by atoms with Gasteiger partial charge in [0.05, 0.1) is 0 Å². The van der Waals surface area contributed by atoms with E-state index in [1.54, 1.807) is 0 Å². The lowest BCUT2D eigenvalue weighted by Crippen LogP contribution is -2.45. The number of halogens is 1. The van der Waals surface area contributed by atoms with Crippen LogP contribution in [0.4, 0.5) is 0 Å². The van der Waals surface area contributed by atoms with E-state index >= 15 is 0 Å². The summed E-state index contributed by atoms with van der Waals surface area (Å²) in [7, 11) is 0. The van der Waals surface area contributed by atoms with Gasteiger partial charge < -0.3 is 10.6 Å². The van der Waals surface area contributed by atoms with Crippen molar-refractivity contribution in [3.8, 4) is 0 Å². The Morgan fingerprint density at radius 3 is 2.19 bits per heavy atom. The van der Waals surface area contributed by atoms with Crippen LogP contribution in [0.25, 0.3) is 0 Å². The molecule has 3 heteroatoms. The lowest BCUT2D eigenvalue weighted by atomic mass is 9.76. The highest BCUT2D eigenvalue weighted by molar-refractivity contribution is 5.85. The molecule has 3 atom stereocenters. The molecule has 1 aliphatic heterocycles. The van der Waals surface area contributed by atoms with E-state index in [1.807, 2.05) is 0 Å². The summed E-state index contributed by atoms with van der Waals surface area (Å²) in [5, 5.41) is 0. The summed E-state index contributed by atoms with van der Waals surface area (Å²) in [5.41, 5.74) is 6.35. The smallest absolute Gasteiger partial charge is 0.00793 e. The fraction of sp³-hybridized carbons (Fsp3) is 1.00. The van der Waals surface area contributed by atoms with Crippen LogP contribution in [0.2, 0.25) is 0 Å². The molecule has 2 aliphatic carbocycles. The van der Waals surface area contributed by atoms with Crippen molar-refractivity contribution in [2.75, 3.05) is 19.6 Å². The molecule has 0 aromatic rings. The summed E-state index contributed by atoms with van der Waals surface area (Å²) < 4.78 is 0. The fourth-order valence-corrected chi connectivity index (χ4v) is 5.04. The van der Waals surface area contributed by atoms with Gasteiger partial charge in [-0.2, -0.15) is 0 Å². The number of rotatable bonds is 3. The molecule has 2 N–H and O–H groups in total. The Kier molecular flexibility index (Phi) is 7.31. The van der Waals surface area contributed by atoms with E-state index in [1.165, 1.54) is 90.3 Å². The van der Waals surface area contributed by atoms with Crippen molar-refractivity contribution in [3.63, 3.8) is 0 Å². The molecule has 3 rings (SSSR count). The highest BCUT2D eigenvalue weighted by atomic mass is 35.5. The predicted octanol–water partition coefficient (Wildman–Crippen LogP) is 4.22. The maximum atomic E-state index is 6.35. The van der Waals surface area contributed by atoms with E-state index in [9.17, 15) is 0 Å². The van der Waals surface area contributed by atoms with Crippen LogP contribution in [0.3, 0.4) is 0 Å². The van der Waals surface area contributed by atoms with Gasteiger partial charge in [0.15, 0.2) is 0 Å². The molecule has 0 aromatic heterocycles. The van der Waals surface area contributed by atoms with Gasteiger partial charge in [0, 0.05) is 19.1 Å². The Hall–Kier alpha value is 0.210. The van der Waals surface area contributed by atoms with Gasteiger partial charge in [-0.15, -0.1) is 12.4 Å². The molecular formula is C18H35ClN2. The van der Waals surface area contributed by atoms with Gasteiger partial charge in [-0.3, -0.25) is 0 Å². The SMILES string of the molecule is Cl.N[C@H]1CCCC[C@@H]1CN1CCCC(C2CCCCC2)C1. The number of nitrogens with zero attached hydrogens (tertiary/aromatic N) is 1. The Morgan fingerprint density at radius 2 is 1.43 bits per heavy atom. The molecule has 1 unspecified atom stereocenters. The summed E-state index contributed by atoms with van der Waals surface area (Å²) >= 11 is 0. The third-order valence-corrected chi connectivity index (χ3v) is 6.32. The second-order valence-electron chi connectivity index (χ2n) is 7.77. The first kappa shape index (κ1) is 17.6. The molecule has 2 saturated carbocycles. The molecule has 3 fully saturated rings. The molecular weight excluding hydrogens is 280 g/mol. The van der Waals surface area contributed by atoms with E-state index in [4.69, 9.17) is 5.73 Å². The monoisotopic (exact) mass is 314 g/mol. The van der Waals surface area contributed by atoms with Gasteiger partial charge in [0.25, 0.3) is 0 Å². The first-order valence-electron chi connectivity index (χ1n) is 9.31. The van der Waals surface area contributed by atoms with Crippen molar-refractivity contribution in [2.45, 2.75) is 76.7 Å². The summed E-state index contributed by atoms with van der Waals surface area (Å²) in [6, 6.07) is 0.485. The largest absolute Gasteiger partial charge is 0.327 e. The van der Waals surface area contributed by atoms with Crippen LogP contribution in [0.5, 0.6) is 0 Å². The fourth-order valence-electron chi connectivity index (χ4n) is 5.04. The Labute approximate surface area is 137 Å². The zero-order chi connectivity index (χ0) is 13.8. The molecule has 0 spiro atoms. The van der Waals surface area contributed by atoms with Crippen LogP contribution in [0.15, 0.2) is 0 Å². The van der Waals surface area contributed by atoms with Crippen molar-refractivity contribution in [1.29, 1.82) is 0 Å². The number of piperidine rings is 1. The van der Waals surface area contributed by atoms with E-state index in [2.05, 4.69) is 4.90 Å². The van der Waals surface area contributed by atoms with Gasteiger partial charge in [-0.05, 0) is 50.0 Å². The topological polar surface area (TPSA) is 29.3 Å². The molecule has 3 aliphatic rings. The molecule has 0 amide bonds. The maximum Gasteiger partial charge on any atom is 0.00793 e. The molecule has 0 aromatic carbocycles. The van der Waals surface area contributed by atoms with Gasteiger partial charge >= 0.3 is 0 Å². The predicted molar refractivity (Wildman–Crippen MR) is 92.9 cm³/mol. The third kappa shape index (κ3) is 4.84. The van der Waals surface area contributed by atoms with Gasteiger partial charge in [-0.25, -0.2) is 0 Å². The van der Waals surface area contributed by atoms with Gasteiger partial charge in [0.2, 0.25) is 0 Å². The lowest BCUT2D eigenvalue weighted by Gasteiger charge is -2.41. The zero-order valence-corrected chi connectivity index (χ0v) is 14.5. The molecule has 21 heavy (non-hydrogen) atoms. The second kappa shape index (κ2) is 8.74. The minimum atomic E-state index is 0. The van der Waals surface area contributed by atoms with Crippen LogP contribution in [-0.4, -0.2) is 30.6 Å². The van der Waals surface area contributed by atoms with Crippen LogP contribution < -0.4 is 5.73 Å². The molecule has 124 valence electrons. The van der Waals surface area contributed by atoms with Crippen molar-refractivity contribution in [1.82, 2.24) is 4.90 Å². The normalized spacial score (nSPS) is 36.1. The van der Waals surface area contributed by atoms with E-state index in [-0.39, 0.29) is 12.4 Å². The summed E-state index contributed by atoms with van der Waals surface area (Å²) in [6.45, 7) is 4.02. The highest BCUT2D eigenvalue weighted by Crippen LogP contribution is 2.35. The molecule has 0 radical (unpaired) electrons. The third-order valence-electron chi connectivity index (χ3n) is 6.32. The van der Waals surface area contributed by atoms with Crippen LogP contribution in [0, 0.1) is 17.8 Å². The summed E-state index contributed by atoms with van der Waals surface area (Å²) in [6.07, 6.45) is 15.9. The number of nitrogens with two attached hydrogens (primary N) is 1. The molecule has 0 bridgehead atoms. The van der Waals surface area contributed by atoms with Crippen LogP contribution in [-0.2, 0) is 0 Å². The van der Waals surface area contributed by atoms with E-state index < -0.39 is 0 Å². The first-order chi connectivity index (χ1) is 9.83. The molecule has 1 heterocycles. The zero-order valence-electron chi connectivity index (χ0n) is 13.6.